The van der Waals surface area contributed by atoms with Gasteiger partial charge in [-0.3, -0.25) is 4.79 Å². The number of carbonyl (C=O) groups excluding carboxylic acids is 1. The van der Waals surface area contributed by atoms with Crippen molar-refractivity contribution in [1.29, 1.82) is 0 Å². The predicted molar refractivity (Wildman–Crippen MR) is 76.7 cm³/mol. The highest BCUT2D eigenvalue weighted by Gasteiger charge is 2.25. The van der Waals surface area contributed by atoms with Crippen LogP contribution in [0.3, 0.4) is 0 Å². The Morgan fingerprint density at radius 2 is 1.90 bits per heavy atom. The Labute approximate surface area is 118 Å². The summed E-state index contributed by atoms with van der Waals surface area (Å²) in [6, 6.07) is 8.72. The molecular formula is C17H18FNO. The van der Waals surface area contributed by atoms with Crippen LogP contribution in [-0.4, -0.2) is 10.4 Å². The van der Waals surface area contributed by atoms with Gasteiger partial charge in [0.1, 0.15) is 5.82 Å². The summed E-state index contributed by atoms with van der Waals surface area (Å²) in [6.45, 7) is 4.13. The van der Waals surface area contributed by atoms with Crippen LogP contribution in [0.2, 0.25) is 0 Å². The summed E-state index contributed by atoms with van der Waals surface area (Å²) < 4.78 is 15.3. The van der Waals surface area contributed by atoms with Gasteiger partial charge in [-0.05, 0) is 50.5 Å². The van der Waals surface area contributed by atoms with Crippen LogP contribution in [0.4, 0.5) is 4.39 Å². The summed E-state index contributed by atoms with van der Waals surface area (Å²) in [5.41, 5.74) is 4.17. The summed E-state index contributed by atoms with van der Waals surface area (Å²) in [7, 11) is 0. The highest BCUT2D eigenvalue weighted by molar-refractivity contribution is 5.98. The molecule has 0 radical (unpaired) electrons. The molecule has 2 aromatic rings. The van der Waals surface area contributed by atoms with Crippen LogP contribution < -0.4 is 0 Å². The maximum absolute atomic E-state index is 13.0. The predicted octanol–water partition coefficient (Wildman–Crippen LogP) is 4.06. The minimum Gasteiger partial charge on any atom is -0.341 e. The zero-order valence-corrected chi connectivity index (χ0v) is 11.8. The fraction of sp³-hybridized carbons (Fsp3) is 0.353. The molecular weight excluding hydrogens is 253 g/mol. The van der Waals surface area contributed by atoms with E-state index in [1.54, 1.807) is 0 Å². The van der Waals surface area contributed by atoms with E-state index in [1.165, 1.54) is 12.1 Å². The van der Waals surface area contributed by atoms with Gasteiger partial charge >= 0.3 is 0 Å². The Balaban J connectivity index is 2.06. The molecule has 0 saturated carbocycles. The van der Waals surface area contributed by atoms with Crippen molar-refractivity contribution in [1.82, 2.24) is 4.57 Å². The van der Waals surface area contributed by atoms with E-state index in [1.807, 2.05) is 25.1 Å². The largest absolute Gasteiger partial charge is 0.341 e. The van der Waals surface area contributed by atoms with Crippen LogP contribution >= 0.6 is 0 Å². The molecule has 1 aromatic carbocycles. The van der Waals surface area contributed by atoms with Gasteiger partial charge in [0.25, 0.3) is 0 Å². The van der Waals surface area contributed by atoms with E-state index in [9.17, 15) is 9.18 Å². The molecule has 0 aliphatic heterocycles. The molecule has 1 aliphatic rings. The van der Waals surface area contributed by atoms with Crippen molar-refractivity contribution in [2.75, 3.05) is 0 Å². The number of benzene rings is 1. The Morgan fingerprint density at radius 1 is 1.20 bits per heavy atom. The number of hydrogen-bond acceptors (Lipinski definition) is 1. The fourth-order valence-electron chi connectivity index (χ4n) is 3.18. The number of fused-ring (bicyclic) bond motifs is 1. The lowest BCUT2D eigenvalue weighted by Gasteiger charge is -2.22. The van der Waals surface area contributed by atoms with Crippen molar-refractivity contribution in [2.24, 2.45) is 0 Å². The minimum atomic E-state index is -0.220. The van der Waals surface area contributed by atoms with Crippen molar-refractivity contribution >= 4 is 5.78 Å². The van der Waals surface area contributed by atoms with Crippen molar-refractivity contribution < 1.29 is 9.18 Å². The topological polar surface area (TPSA) is 22.0 Å². The molecule has 1 unspecified atom stereocenters. The molecule has 0 saturated heterocycles. The third-order valence-electron chi connectivity index (χ3n) is 4.19. The second-order valence-corrected chi connectivity index (χ2v) is 5.52. The average Bonchev–Trinajstić information content (AvgIpc) is 2.77. The fourth-order valence-corrected chi connectivity index (χ4v) is 3.18. The third kappa shape index (κ3) is 2.07. The number of ketones is 1. The first-order valence-electron chi connectivity index (χ1n) is 7.07. The Bertz CT molecular complexity index is 654. The molecule has 3 rings (SSSR count). The summed E-state index contributed by atoms with van der Waals surface area (Å²) >= 11 is 0. The van der Waals surface area contributed by atoms with Gasteiger partial charge in [-0.25, -0.2) is 4.39 Å². The normalized spacial score (nSPS) is 16.1. The molecule has 1 atom stereocenters. The van der Waals surface area contributed by atoms with Gasteiger partial charge in [-0.15, -0.1) is 0 Å². The van der Waals surface area contributed by atoms with Crippen LogP contribution in [0.1, 0.15) is 53.1 Å². The number of hydrogen-bond donors (Lipinski definition) is 0. The Morgan fingerprint density at radius 3 is 2.60 bits per heavy atom. The van der Waals surface area contributed by atoms with Crippen molar-refractivity contribution in [3.05, 3.63) is 58.7 Å². The van der Waals surface area contributed by atoms with Crippen LogP contribution in [0.15, 0.2) is 30.3 Å². The highest BCUT2D eigenvalue weighted by atomic mass is 19.1. The minimum absolute atomic E-state index is 0.116. The summed E-state index contributed by atoms with van der Waals surface area (Å²) in [4.78, 5) is 12.0. The molecule has 104 valence electrons. The van der Waals surface area contributed by atoms with Crippen LogP contribution in [0, 0.1) is 12.7 Å². The average molecular weight is 271 g/mol. The summed E-state index contributed by atoms with van der Waals surface area (Å²) in [6.07, 6.45) is 2.52. The van der Waals surface area contributed by atoms with Gasteiger partial charge in [0, 0.05) is 23.4 Å². The maximum atomic E-state index is 13.0. The van der Waals surface area contributed by atoms with E-state index in [0.717, 1.165) is 35.4 Å². The SMILES string of the molecule is Cc1cc2c(n1C(C)c1ccc(F)cc1)CCCC2=O. The third-order valence-corrected chi connectivity index (χ3v) is 4.19. The maximum Gasteiger partial charge on any atom is 0.164 e. The zero-order chi connectivity index (χ0) is 14.3. The van der Waals surface area contributed by atoms with Crippen LogP contribution in [0.5, 0.6) is 0 Å². The van der Waals surface area contributed by atoms with E-state index in [4.69, 9.17) is 0 Å². The van der Waals surface area contributed by atoms with Gasteiger partial charge in [0.05, 0.1) is 6.04 Å². The van der Waals surface area contributed by atoms with Gasteiger partial charge in [-0.2, -0.15) is 0 Å². The molecule has 3 heteroatoms. The van der Waals surface area contributed by atoms with Crippen molar-refractivity contribution in [2.45, 2.75) is 39.2 Å². The number of aromatic nitrogens is 1. The lowest BCUT2D eigenvalue weighted by Crippen LogP contribution is -2.17. The Hall–Kier alpha value is -1.90. The lowest BCUT2D eigenvalue weighted by molar-refractivity contribution is 0.0971. The van der Waals surface area contributed by atoms with E-state index in [0.29, 0.717) is 6.42 Å². The molecule has 0 spiro atoms. The van der Waals surface area contributed by atoms with Crippen LogP contribution in [-0.2, 0) is 6.42 Å². The highest BCUT2D eigenvalue weighted by Crippen LogP contribution is 2.30. The first kappa shape index (κ1) is 13.1. The monoisotopic (exact) mass is 271 g/mol. The molecule has 0 N–H and O–H groups in total. The first-order valence-corrected chi connectivity index (χ1v) is 7.07. The number of aryl methyl sites for hydroxylation is 1. The van der Waals surface area contributed by atoms with Crippen molar-refractivity contribution in [3.63, 3.8) is 0 Å². The van der Waals surface area contributed by atoms with E-state index in [2.05, 4.69) is 11.5 Å². The number of halogens is 1. The molecule has 1 heterocycles. The van der Waals surface area contributed by atoms with Crippen molar-refractivity contribution in [3.8, 4) is 0 Å². The van der Waals surface area contributed by atoms with Gasteiger partial charge in [-0.1, -0.05) is 12.1 Å². The van der Waals surface area contributed by atoms with E-state index >= 15 is 0 Å². The Kier molecular flexibility index (Phi) is 3.20. The van der Waals surface area contributed by atoms with Crippen LogP contribution in [0.25, 0.3) is 0 Å². The zero-order valence-electron chi connectivity index (χ0n) is 11.8. The van der Waals surface area contributed by atoms with Gasteiger partial charge in [0.15, 0.2) is 5.78 Å². The van der Waals surface area contributed by atoms with Gasteiger partial charge in [0.2, 0.25) is 0 Å². The summed E-state index contributed by atoms with van der Waals surface area (Å²) in [5, 5.41) is 0. The molecule has 0 fully saturated rings. The number of rotatable bonds is 2. The molecule has 20 heavy (non-hydrogen) atoms. The van der Waals surface area contributed by atoms with E-state index in [-0.39, 0.29) is 17.6 Å². The molecule has 1 aliphatic carbocycles. The second-order valence-electron chi connectivity index (χ2n) is 5.52. The van der Waals surface area contributed by atoms with Gasteiger partial charge < -0.3 is 4.57 Å². The smallest absolute Gasteiger partial charge is 0.164 e. The summed E-state index contributed by atoms with van der Waals surface area (Å²) in [5.74, 6) is 0.0294. The molecule has 1 aromatic heterocycles. The lowest BCUT2D eigenvalue weighted by atomic mass is 9.96. The molecule has 0 bridgehead atoms. The standard InChI is InChI=1S/C17H18FNO/c1-11-10-15-16(4-3-5-17(15)20)19(11)12(2)13-6-8-14(18)9-7-13/h6-10,12H,3-5H2,1-2H3. The van der Waals surface area contributed by atoms with E-state index < -0.39 is 0 Å². The number of Topliss-reactive ketones (excluding diaryl/α,β-unsaturated/α-hetero) is 1. The first-order chi connectivity index (χ1) is 9.58. The second kappa shape index (κ2) is 4.89. The molecule has 2 nitrogen and oxygen atoms in total. The molecule has 0 amide bonds. The number of carbonyl (C=O) groups is 1. The number of nitrogens with zero attached hydrogens (tertiary/aromatic N) is 1. The quantitative estimate of drug-likeness (QED) is 0.807.